The molecule has 11 heteroatoms. The zero-order valence-corrected chi connectivity index (χ0v) is 18.9. The summed E-state index contributed by atoms with van der Waals surface area (Å²) in [6.45, 7) is 1.03. The van der Waals surface area contributed by atoms with Gasteiger partial charge < -0.3 is 14.8 Å². The summed E-state index contributed by atoms with van der Waals surface area (Å²) in [6.07, 6.45) is -9.81. The highest BCUT2D eigenvalue weighted by Gasteiger charge is 2.38. The summed E-state index contributed by atoms with van der Waals surface area (Å²) in [6, 6.07) is 11.4. The molecule has 3 aromatic rings. The number of aryl methyl sites for hydroxylation is 1. The molecule has 0 aliphatic carbocycles. The number of halogens is 6. The van der Waals surface area contributed by atoms with Gasteiger partial charge in [0, 0.05) is 31.6 Å². The number of carbonyl (C=O) groups is 1. The Hall–Kier alpha value is -3.76. The topological polar surface area (TPSA) is 56.5 Å². The van der Waals surface area contributed by atoms with E-state index in [9.17, 15) is 36.3 Å². The zero-order valence-electron chi connectivity index (χ0n) is 18.9. The van der Waals surface area contributed by atoms with E-state index in [0.29, 0.717) is 28.0 Å². The van der Waals surface area contributed by atoms with E-state index in [1.54, 1.807) is 30.3 Å². The number of pyridine rings is 1. The lowest BCUT2D eigenvalue weighted by Crippen LogP contribution is -2.41. The van der Waals surface area contributed by atoms with Gasteiger partial charge in [-0.25, -0.2) is 0 Å². The number of nitrogens with zero attached hydrogens (tertiary/aromatic N) is 2. The predicted octanol–water partition coefficient (Wildman–Crippen LogP) is 5.76. The molecular weight excluding hydrogens is 490 g/mol. The fourth-order valence-corrected chi connectivity index (χ4v) is 4.07. The van der Waals surface area contributed by atoms with Crippen molar-refractivity contribution in [3.63, 3.8) is 0 Å². The van der Waals surface area contributed by atoms with Crippen LogP contribution < -0.4 is 9.47 Å². The second-order valence-electron chi connectivity index (χ2n) is 8.38. The van der Waals surface area contributed by atoms with Crippen molar-refractivity contribution in [3.8, 4) is 17.0 Å². The average molecular weight is 510 g/mol. The van der Waals surface area contributed by atoms with E-state index in [1.807, 2.05) is 0 Å². The van der Waals surface area contributed by atoms with Gasteiger partial charge in [-0.1, -0.05) is 30.3 Å². The van der Waals surface area contributed by atoms with E-state index < -0.39 is 35.9 Å². The van der Waals surface area contributed by atoms with Crippen molar-refractivity contribution in [1.82, 2.24) is 4.90 Å². The average Bonchev–Trinajstić information content (AvgIpc) is 2.81. The number of benzene rings is 2. The number of carbonyl (C=O) groups excluding carboxylic acids is 1. The third kappa shape index (κ3) is 5.09. The predicted molar refractivity (Wildman–Crippen MR) is 117 cm³/mol. The third-order valence-corrected chi connectivity index (χ3v) is 5.76. The van der Waals surface area contributed by atoms with Crippen LogP contribution in [0, 0.1) is 12.1 Å². The molecule has 190 valence electrons. The van der Waals surface area contributed by atoms with Gasteiger partial charge in [-0.3, -0.25) is 4.79 Å². The summed E-state index contributed by atoms with van der Waals surface area (Å²) in [5.74, 6) is -0.998. The Balaban J connectivity index is 1.82. The Morgan fingerprint density at radius 2 is 1.58 bits per heavy atom. The molecule has 0 bridgehead atoms. The van der Waals surface area contributed by atoms with Gasteiger partial charge in [-0.15, -0.1) is 4.73 Å². The molecule has 36 heavy (non-hydrogen) atoms. The Kier molecular flexibility index (Phi) is 6.59. The standard InChI is InChI=1S/C25H20F6N2O3/c1-15-10-20(17-6-3-2-4-7-17)21-22(34)32(8-5-9-36-23(21)33(15)35)14-16-11-18(24(26,27)28)13-19(12-16)25(29,30)31/h2-4,6-7,10-13H,5,8-9,14H2,1H3. The lowest BCUT2D eigenvalue weighted by Gasteiger charge is -2.27. The van der Waals surface area contributed by atoms with Crippen LogP contribution >= 0.6 is 0 Å². The molecule has 1 aliphatic rings. The Bertz CT molecular complexity index is 1260. The number of alkyl halides is 6. The quantitative estimate of drug-likeness (QED) is 0.256. The van der Waals surface area contributed by atoms with Crippen molar-refractivity contribution in [2.24, 2.45) is 0 Å². The van der Waals surface area contributed by atoms with E-state index in [2.05, 4.69) is 0 Å². The molecule has 0 saturated carbocycles. The molecule has 0 spiro atoms. The highest BCUT2D eigenvalue weighted by Crippen LogP contribution is 2.37. The van der Waals surface area contributed by atoms with Crippen LogP contribution in [0.4, 0.5) is 26.3 Å². The molecule has 0 unspecified atom stereocenters. The minimum Gasteiger partial charge on any atom is -0.616 e. The Morgan fingerprint density at radius 1 is 0.972 bits per heavy atom. The first-order valence-corrected chi connectivity index (χ1v) is 10.9. The number of ether oxygens (including phenoxy) is 1. The maximum absolute atomic E-state index is 13.7. The van der Waals surface area contributed by atoms with Gasteiger partial charge in [0.2, 0.25) is 0 Å². The molecule has 1 amide bonds. The first-order valence-electron chi connectivity index (χ1n) is 10.9. The van der Waals surface area contributed by atoms with E-state index >= 15 is 0 Å². The van der Waals surface area contributed by atoms with Gasteiger partial charge in [-0.05, 0) is 35.7 Å². The smallest absolute Gasteiger partial charge is 0.416 e. The van der Waals surface area contributed by atoms with Crippen molar-refractivity contribution < 1.29 is 40.6 Å². The van der Waals surface area contributed by atoms with Gasteiger partial charge in [0.15, 0.2) is 11.3 Å². The molecule has 0 N–H and O–H groups in total. The third-order valence-electron chi connectivity index (χ3n) is 5.76. The Labute approximate surface area is 202 Å². The number of amides is 1. The first kappa shape index (κ1) is 25.3. The fourth-order valence-electron chi connectivity index (χ4n) is 4.07. The number of aromatic nitrogens is 1. The van der Waals surface area contributed by atoms with Crippen molar-refractivity contribution in [2.45, 2.75) is 32.2 Å². The number of rotatable bonds is 3. The minimum atomic E-state index is -5.01. The van der Waals surface area contributed by atoms with Gasteiger partial charge in [0.05, 0.1) is 17.7 Å². The normalized spacial score (nSPS) is 14.6. The van der Waals surface area contributed by atoms with Gasteiger partial charge in [0.1, 0.15) is 0 Å². The molecule has 2 heterocycles. The van der Waals surface area contributed by atoms with Crippen LogP contribution in [0.5, 0.6) is 5.88 Å². The number of hydrogen-bond donors (Lipinski definition) is 0. The summed E-state index contributed by atoms with van der Waals surface area (Å²) >= 11 is 0. The summed E-state index contributed by atoms with van der Waals surface area (Å²) < 4.78 is 86.0. The second kappa shape index (κ2) is 9.36. The van der Waals surface area contributed by atoms with Gasteiger partial charge in [-0.2, -0.15) is 26.3 Å². The minimum absolute atomic E-state index is 0.00314. The first-order chi connectivity index (χ1) is 16.9. The molecule has 0 fully saturated rings. The highest BCUT2D eigenvalue weighted by molar-refractivity contribution is 6.02. The zero-order chi connectivity index (χ0) is 26.3. The summed E-state index contributed by atoms with van der Waals surface area (Å²) in [5.41, 5.74) is -2.16. The van der Waals surface area contributed by atoms with Crippen molar-refractivity contribution in [2.75, 3.05) is 13.2 Å². The van der Waals surface area contributed by atoms with Crippen LogP contribution in [0.2, 0.25) is 0 Å². The number of fused-ring (bicyclic) bond motifs is 1. The molecule has 0 saturated heterocycles. The van der Waals surface area contributed by atoms with Crippen molar-refractivity contribution >= 4 is 5.91 Å². The molecule has 1 aromatic heterocycles. The van der Waals surface area contributed by atoms with Crippen molar-refractivity contribution in [1.29, 1.82) is 0 Å². The van der Waals surface area contributed by atoms with Crippen LogP contribution in [0.15, 0.2) is 54.6 Å². The van der Waals surface area contributed by atoms with Gasteiger partial charge >= 0.3 is 18.2 Å². The summed E-state index contributed by atoms with van der Waals surface area (Å²) in [7, 11) is 0. The SMILES string of the molecule is Cc1cc(-c2ccccc2)c2c([n+]1[O-])OCCCN(Cc1cc(C(F)(F)F)cc(C(F)(F)F)c1)C2=O. The summed E-state index contributed by atoms with van der Waals surface area (Å²) in [5, 5.41) is 12.8. The molecule has 0 radical (unpaired) electrons. The molecular formula is C25H20F6N2O3. The largest absolute Gasteiger partial charge is 0.616 e. The highest BCUT2D eigenvalue weighted by atomic mass is 19.4. The van der Waals surface area contributed by atoms with E-state index in [4.69, 9.17) is 4.74 Å². The van der Waals surface area contributed by atoms with Crippen LogP contribution in [-0.4, -0.2) is 24.0 Å². The molecule has 5 nitrogen and oxygen atoms in total. The van der Waals surface area contributed by atoms with Gasteiger partial charge in [0.25, 0.3) is 5.91 Å². The Morgan fingerprint density at radius 3 is 2.17 bits per heavy atom. The maximum Gasteiger partial charge on any atom is 0.416 e. The van der Waals surface area contributed by atoms with Crippen LogP contribution in [-0.2, 0) is 18.9 Å². The lowest BCUT2D eigenvalue weighted by molar-refractivity contribution is -0.619. The molecule has 4 rings (SSSR count). The van der Waals surface area contributed by atoms with Crippen LogP contribution in [0.1, 0.15) is 39.2 Å². The second-order valence-corrected chi connectivity index (χ2v) is 8.38. The molecule has 1 aliphatic heterocycles. The van der Waals surface area contributed by atoms with Crippen LogP contribution in [0.3, 0.4) is 0 Å². The lowest BCUT2D eigenvalue weighted by atomic mass is 9.98. The molecule has 2 aromatic carbocycles. The van der Waals surface area contributed by atoms with E-state index in [-0.39, 0.29) is 48.3 Å². The van der Waals surface area contributed by atoms with E-state index in [1.165, 1.54) is 13.0 Å². The fraction of sp³-hybridized carbons (Fsp3) is 0.280. The number of hydrogen-bond acceptors (Lipinski definition) is 3. The maximum atomic E-state index is 13.7. The van der Waals surface area contributed by atoms with Crippen LogP contribution in [0.25, 0.3) is 11.1 Å². The summed E-state index contributed by atoms with van der Waals surface area (Å²) in [4.78, 5) is 14.8. The van der Waals surface area contributed by atoms with E-state index in [0.717, 1.165) is 4.90 Å². The van der Waals surface area contributed by atoms with Crippen molar-refractivity contribution in [3.05, 3.63) is 87.8 Å². The molecule has 0 atom stereocenters. The monoisotopic (exact) mass is 510 g/mol.